The lowest BCUT2D eigenvalue weighted by Gasteiger charge is -2.44. The molecule has 0 saturated heterocycles. The number of nitrogens with zero attached hydrogens (tertiary/aromatic N) is 3. The Morgan fingerprint density at radius 2 is 2.09 bits per heavy atom. The van der Waals surface area contributed by atoms with Gasteiger partial charge in [0, 0.05) is 30.8 Å². The molecule has 2 heterocycles. The van der Waals surface area contributed by atoms with Crippen LogP contribution in [0.3, 0.4) is 0 Å². The van der Waals surface area contributed by atoms with Crippen molar-refractivity contribution in [2.75, 3.05) is 4.72 Å². The summed E-state index contributed by atoms with van der Waals surface area (Å²) < 4.78 is 77.2. The zero-order valence-electron chi connectivity index (χ0n) is 17.8. The van der Waals surface area contributed by atoms with E-state index in [1.54, 1.807) is 19.3 Å². The number of sulfonamides is 1. The summed E-state index contributed by atoms with van der Waals surface area (Å²) in [5.41, 5.74) is -0.387. The first kappa shape index (κ1) is 23.0. The molecule has 2 N–H and O–H groups in total. The molecule has 1 aliphatic carbocycles. The first-order valence-electron chi connectivity index (χ1n) is 10.1. The number of aryl methyl sites for hydroxylation is 1. The van der Waals surface area contributed by atoms with Crippen LogP contribution in [0.1, 0.15) is 43.2 Å². The van der Waals surface area contributed by atoms with Crippen molar-refractivity contribution in [1.29, 1.82) is 0 Å². The summed E-state index contributed by atoms with van der Waals surface area (Å²) in [5, 5.41) is 6.58. The molecule has 2 aromatic heterocycles. The lowest BCUT2D eigenvalue weighted by molar-refractivity contribution is -0.116. The summed E-state index contributed by atoms with van der Waals surface area (Å²) in [5.74, 6) is -4.49. The number of hydrogen-bond acceptors (Lipinski definition) is 6. The third-order valence-electron chi connectivity index (χ3n) is 5.75. The van der Waals surface area contributed by atoms with E-state index in [0.717, 1.165) is 18.5 Å². The highest BCUT2D eigenvalue weighted by atomic mass is 32.2. The van der Waals surface area contributed by atoms with Gasteiger partial charge in [-0.1, -0.05) is 0 Å². The Morgan fingerprint density at radius 3 is 2.76 bits per heavy atom. The van der Waals surface area contributed by atoms with Crippen LogP contribution in [0, 0.1) is 12.7 Å². The first-order chi connectivity index (χ1) is 15.5. The summed E-state index contributed by atoms with van der Waals surface area (Å²) in [6.07, 6.45) is 4.93. The summed E-state index contributed by atoms with van der Waals surface area (Å²) in [4.78, 5) is 6.84. The van der Waals surface area contributed by atoms with Gasteiger partial charge in [0.05, 0.1) is 12.6 Å². The van der Waals surface area contributed by atoms with Crippen molar-refractivity contribution in [2.45, 2.75) is 55.4 Å². The number of aromatic nitrogens is 4. The predicted molar refractivity (Wildman–Crippen MR) is 113 cm³/mol. The van der Waals surface area contributed by atoms with E-state index in [1.165, 1.54) is 19.2 Å². The normalized spacial score (nSPS) is 22.6. The summed E-state index contributed by atoms with van der Waals surface area (Å²) in [6.45, 7) is 3.08. The number of benzene rings is 1. The third kappa shape index (κ3) is 4.80. The Hall–Kier alpha value is -3.15. The van der Waals surface area contributed by atoms with Crippen molar-refractivity contribution in [1.82, 2.24) is 20.2 Å². The number of halogens is 3. The standard InChI is InChI=1S/C21H22F3N5O3S/c1-13-7-18(33(30,31)29-19-4-6-25-12-26-19)16(22)8-17(13)32-20(2)11-21(23,24)5-3-15(20)14-9-27-28-10-14/h4,6-10,12,15H,3,5,11H2,1-2H3,(H,27,28)(H,25,26,29)/t15-,20-/m1/s1. The van der Waals surface area contributed by atoms with Gasteiger partial charge in [0.25, 0.3) is 15.9 Å². The van der Waals surface area contributed by atoms with Crippen molar-refractivity contribution in [3.8, 4) is 5.75 Å². The second-order valence-corrected chi connectivity index (χ2v) is 9.97. The van der Waals surface area contributed by atoms with E-state index >= 15 is 0 Å². The molecule has 1 aromatic carbocycles. The van der Waals surface area contributed by atoms with E-state index in [2.05, 4.69) is 24.9 Å². The summed E-state index contributed by atoms with van der Waals surface area (Å²) in [7, 11) is -4.30. The number of aromatic amines is 1. The van der Waals surface area contributed by atoms with Crippen molar-refractivity contribution < 1.29 is 26.3 Å². The van der Waals surface area contributed by atoms with Crippen molar-refractivity contribution >= 4 is 15.8 Å². The minimum absolute atomic E-state index is 0.0119. The minimum atomic E-state index is -4.30. The average Bonchev–Trinajstić information content (AvgIpc) is 3.24. The fraction of sp³-hybridized carbons (Fsp3) is 0.381. The van der Waals surface area contributed by atoms with Gasteiger partial charge in [0.2, 0.25) is 0 Å². The topological polar surface area (TPSA) is 110 Å². The van der Waals surface area contributed by atoms with E-state index in [-0.39, 0.29) is 30.0 Å². The van der Waals surface area contributed by atoms with Crippen LogP contribution in [0.2, 0.25) is 0 Å². The van der Waals surface area contributed by atoms with Crippen molar-refractivity contribution in [3.63, 3.8) is 0 Å². The molecule has 12 heteroatoms. The van der Waals surface area contributed by atoms with E-state index in [1.807, 2.05) is 0 Å². The molecule has 1 aliphatic rings. The van der Waals surface area contributed by atoms with Crippen LogP contribution in [0.5, 0.6) is 5.75 Å². The van der Waals surface area contributed by atoms with Crippen LogP contribution in [-0.4, -0.2) is 40.1 Å². The molecule has 176 valence electrons. The SMILES string of the molecule is Cc1cc(S(=O)(=O)Nc2ccncn2)c(F)cc1O[C@]1(C)CC(F)(F)CC[C@@H]1c1cn[nH]c1. The lowest BCUT2D eigenvalue weighted by Crippen LogP contribution is -2.48. The second kappa shape index (κ2) is 8.32. The molecular formula is C21H22F3N5O3S. The van der Waals surface area contributed by atoms with Gasteiger partial charge in [-0.3, -0.25) is 9.82 Å². The van der Waals surface area contributed by atoms with E-state index in [4.69, 9.17) is 4.74 Å². The molecule has 3 aromatic rings. The first-order valence-corrected chi connectivity index (χ1v) is 11.6. The highest BCUT2D eigenvalue weighted by molar-refractivity contribution is 7.92. The number of anilines is 1. The van der Waals surface area contributed by atoms with Gasteiger partial charge in [-0.15, -0.1) is 0 Å². The molecule has 1 saturated carbocycles. The van der Waals surface area contributed by atoms with Crippen LogP contribution in [0.4, 0.5) is 19.0 Å². The number of ether oxygens (including phenoxy) is 1. The van der Waals surface area contributed by atoms with Gasteiger partial charge in [-0.2, -0.15) is 5.10 Å². The minimum Gasteiger partial charge on any atom is -0.486 e. The molecule has 8 nitrogen and oxygen atoms in total. The molecule has 4 rings (SSSR count). The molecule has 1 fully saturated rings. The molecule has 0 amide bonds. The van der Waals surface area contributed by atoms with Gasteiger partial charge in [0.15, 0.2) is 0 Å². The van der Waals surface area contributed by atoms with E-state index in [0.29, 0.717) is 5.56 Å². The van der Waals surface area contributed by atoms with Crippen LogP contribution < -0.4 is 9.46 Å². The number of hydrogen-bond donors (Lipinski definition) is 2. The maximum Gasteiger partial charge on any atom is 0.265 e. The molecule has 0 spiro atoms. The highest BCUT2D eigenvalue weighted by Crippen LogP contribution is 2.49. The second-order valence-electron chi connectivity index (χ2n) is 8.32. The van der Waals surface area contributed by atoms with Gasteiger partial charge in [0.1, 0.15) is 34.2 Å². The number of rotatable bonds is 6. The quantitative estimate of drug-likeness (QED) is 0.546. The maximum absolute atomic E-state index is 14.9. The Morgan fingerprint density at radius 1 is 1.30 bits per heavy atom. The van der Waals surface area contributed by atoms with Crippen LogP contribution in [-0.2, 0) is 10.0 Å². The van der Waals surface area contributed by atoms with Crippen LogP contribution >= 0.6 is 0 Å². The molecule has 33 heavy (non-hydrogen) atoms. The molecule has 0 aliphatic heterocycles. The predicted octanol–water partition coefficient (Wildman–Crippen LogP) is 4.19. The van der Waals surface area contributed by atoms with Gasteiger partial charge in [-0.05, 0) is 43.5 Å². The zero-order valence-corrected chi connectivity index (χ0v) is 18.7. The largest absolute Gasteiger partial charge is 0.486 e. The Kier molecular flexibility index (Phi) is 5.81. The maximum atomic E-state index is 14.9. The fourth-order valence-electron chi connectivity index (χ4n) is 4.21. The van der Waals surface area contributed by atoms with Gasteiger partial charge < -0.3 is 4.74 Å². The molecule has 2 atom stereocenters. The monoisotopic (exact) mass is 481 g/mol. The smallest absolute Gasteiger partial charge is 0.265 e. The molecule has 0 unspecified atom stereocenters. The highest BCUT2D eigenvalue weighted by Gasteiger charge is 2.51. The third-order valence-corrected chi connectivity index (χ3v) is 7.12. The summed E-state index contributed by atoms with van der Waals surface area (Å²) in [6, 6.07) is 3.33. The van der Waals surface area contributed by atoms with Gasteiger partial charge in [-0.25, -0.2) is 31.6 Å². The van der Waals surface area contributed by atoms with E-state index in [9.17, 15) is 21.6 Å². The zero-order chi connectivity index (χ0) is 23.9. The van der Waals surface area contributed by atoms with Crippen LogP contribution in [0.15, 0.2) is 48.0 Å². The lowest BCUT2D eigenvalue weighted by atomic mass is 9.72. The number of H-pyrrole nitrogens is 1. The molecule has 0 radical (unpaired) electrons. The van der Waals surface area contributed by atoms with Crippen molar-refractivity contribution in [2.24, 2.45) is 0 Å². The van der Waals surface area contributed by atoms with E-state index < -0.39 is 44.6 Å². The van der Waals surface area contributed by atoms with Crippen LogP contribution in [0.25, 0.3) is 0 Å². The number of nitrogens with one attached hydrogen (secondary N) is 2. The molecule has 0 bridgehead atoms. The Bertz CT molecular complexity index is 1240. The number of alkyl halides is 2. The summed E-state index contributed by atoms with van der Waals surface area (Å²) >= 11 is 0. The van der Waals surface area contributed by atoms with Crippen molar-refractivity contribution in [3.05, 3.63) is 60.1 Å². The average molecular weight is 482 g/mol. The van der Waals surface area contributed by atoms with Gasteiger partial charge >= 0.3 is 0 Å². The molecular weight excluding hydrogens is 459 g/mol. The Balaban J connectivity index is 1.66. The Labute approximate surface area is 188 Å². The fourth-order valence-corrected chi connectivity index (χ4v) is 5.37.